The molecule has 0 saturated carbocycles. The number of carbonyl (C=O) groups is 1. The molecule has 0 amide bonds. The van der Waals surface area contributed by atoms with Crippen molar-refractivity contribution < 1.29 is 14.4 Å². The molecule has 18 heavy (non-hydrogen) atoms. The van der Waals surface area contributed by atoms with Gasteiger partial charge in [0.2, 0.25) is 0 Å². The number of thioether (sulfide) groups is 1. The number of hydrogen-bond acceptors (Lipinski definition) is 5. The molecule has 0 aliphatic carbocycles. The summed E-state index contributed by atoms with van der Waals surface area (Å²) in [6.07, 6.45) is 1.83. The molecule has 1 rings (SSSR count). The topological polar surface area (TPSA) is 47.9 Å². The van der Waals surface area contributed by atoms with Gasteiger partial charge in [-0.15, -0.1) is 11.8 Å². The smallest absolute Gasteiger partial charge is 0.372 e. The van der Waals surface area contributed by atoms with Crippen LogP contribution in [-0.2, 0) is 9.63 Å². The molecule has 0 fully saturated rings. The van der Waals surface area contributed by atoms with Gasteiger partial charge >= 0.3 is 5.97 Å². The normalized spacial score (nSPS) is 11.2. The number of nitrogens with zero attached hydrogens (tertiary/aromatic N) is 1. The molecule has 0 aliphatic rings. The van der Waals surface area contributed by atoms with Gasteiger partial charge in [-0.2, -0.15) is 0 Å². The predicted octanol–water partition coefficient (Wildman–Crippen LogP) is 3.61. The van der Waals surface area contributed by atoms with Crippen LogP contribution in [-0.4, -0.2) is 23.9 Å². The zero-order valence-corrected chi connectivity index (χ0v) is 12.1. The van der Waals surface area contributed by atoms with E-state index >= 15 is 0 Å². The Kier molecular flexibility index (Phi) is 6.32. The fourth-order valence-electron chi connectivity index (χ4n) is 0.908. The molecule has 98 valence electrons. The van der Waals surface area contributed by atoms with Gasteiger partial charge in [-0.05, 0) is 31.4 Å². The minimum absolute atomic E-state index is 0.271. The van der Waals surface area contributed by atoms with Crippen molar-refractivity contribution in [3.8, 4) is 5.75 Å². The second-order valence-electron chi connectivity index (χ2n) is 3.14. The number of ether oxygens (including phenoxy) is 1. The van der Waals surface area contributed by atoms with E-state index in [2.05, 4.69) is 9.99 Å². The zero-order chi connectivity index (χ0) is 13.5. The number of benzene rings is 1. The van der Waals surface area contributed by atoms with Crippen LogP contribution in [0.25, 0.3) is 0 Å². The van der Waals surface area contributed by atoms with Crippen LogP contribution in [0.3, 0.4) is 0 Å². The maximum absolute atomic E-state index is 11.3. The fraction of sp³-hybridized carbons (Fsp3) is 0.273. The summed E-state index contributed by atoms with van der Waals surface area (Å²) in [6.45, 7) is 1.46. The monoisotopic (exact) mass is 307 g/mol. The van der Waals surface area contributed by atoms with Crippen LogP contribution in [0.2, 0.25) is 10.0 Å². The van der Waals surface area contributed by atoms with Gasteiger partial charge in [-0.1, -0.05) is 28.4 Å². The van der Waals surface area contributed by atoms with E-state index in [0.717, 1.165) is 0 Å². The Morgan fingerprint density at radius 3 is 2.78 bits per heavy atom. The zero-order valence-electron chi connectivity index (χ0n) is 9.78. The Morgan fingerprint density at radius 2 is 2.17 bits per heavy atom. The van der Waals surface area contributed by atoms with E-state index in [1.54, 1.807) is 19.1 Å². The minimum Gasteiger partial charge on any atom is -0.480 e. The van der Waals surface area contributed by atoms with E-state index in [9.17, 15) is 4.79 Å². The summed E-state index contributed by atoms with van der Waals surface area (Å²) in [5, 5.41) is 5.06. The molecule has 0 radical (unpaired) electrons. The predicted molar refractivity (Wildman–Crippen MR) is 74.7 cm³/mol. The Morgan fingerprint density at radius 1 is 1.44 bits per heavy atom. The highest BCUT2D eigenvalue weighted by atomic mass is 35.5. The van der Waals surface area contributed by atoms with Crippen molar-refractivity contribution in [1.29, 1.82) is 0 Å². The third-order valence-electron chi connectivity index (χ3n) is 1.81. The van der Waals surface area contributed by atoms with Crippen LogP contribution in [0.4, 0.5) is 0 Å². The molecule has 0 heterocycles. The standard InChI is InChI=1S/C11H11Cl2NO3S/c1-7(18-2)14-17-11(15)6-16-10-4-3-8(12)5-9(10)13/h3-5H,6H2,1-2H3. The minimum atomic E-state index is -0.602. The summed E-state index contributed by atoms with van der Waals surface area (Å²) < 4.78 is 5.18. The molecule has 0 N–H and O–H groups in total. The molecule has 7 heteroatoms. The summed E-state index contributed by atoms with van der Waals surface area (Å²) in [7, 11) is 0. The maximum Gasteiger partial charge on any atom is 0.372 e. The lowest BCUT2D eigenvalue weighted by Gasteiger charge is -2.06. The second kappa shape index (κ2) is 7.51. The lowest BCUT2D eigenvalue weighted by atomic mass is 10.3. The number of oxime groups is 1. The molecule has 1 aromatic rings. The fourth-order valence-corrected chi connectivity index (χ4v) is 1.48. The third kappa shape index (κ3) is 5.16. The highest BCUT2D eigenvalue weighted by Crippen LogP contribution is 2.27. The van der Waals surface area contributed by atoms with E-state index < -0.39 is 5.97 Å². The molecule has 0 aromatic heterocycles. The first-order valence-electron chi connectivity index (χ1n) is 4.89. The van der Waals surface area contributed by atoms with Crippen LogP contribution in [0.15, 0.2) is 23.4 Å². The Labute approximate surface area is 119 Å². The van der Waals surface area contributed by atoms with Crippen LogP contribution in [0.1, 0.15) is 6.92 Å². The molecular weight excluding hydrogens is 297 g/mol. The Bertz CT molecular complexity index is 466. The van der Waals surface area contributed by atoms with Gasteiger partial charge in [-0.25, -0.2) is 4.79 Å². The van der Waals surface area contributed by atoms with Crippen molar-refractivity contribution in [2.24, 2.45) is 5.16 Å². The number of rotatable bonds is 4. The first-order chi connectivity index (χ1) is 8.52. The van der Waals surface area contributed by atoms with E-state index in [0.29, 0.717) is 20.8 Å². The highest BCUT2D eigenvalue weighted by Gasteiger charge is 2.07. The Hall–Kier alpha value is -0.910. The van der Waals surface area contributed by atoms with Crippen molar-refractivity contribution in [3.63, 3.8) is 0 Å². The number of carbonyl (C=O) groups excluding carboxylic acids is 1. The lowest BCUT2D eigenvalue weighted by molar-refractivity contribution is -0.145. The van der Waals surface area contributed by atoms with Gasteiger partial charge in [0.15, 0.2) is 6.61 Å². The molecule has 0 saturated heterocycles. The van der Waals surface area contributed by atoms with Gasteiger partial charge in [0.05, 0.1) is 5.02 Å². The maximum atomic E-state index is 11.3. The number of halogens is 2. The van der Waals surface area contributed by atoms with E-state index in [1.807, 2.05) is 6.26 Å². The first-order valence-corrected chi connectivity index (χ1v) is 6.87. The van der Waals surface area contributed by atoms with Crippen molar-refractivity contribution in [2.75, 3.05) is 12.9 Å². The Balaban J connectivity index is 2.47. The van der Waals surface area contributed by atoms with Crippen molar-refractivity contribution in [2.45, 2.75) is 6.92 Å². The van der Waals surface area contributed by atoms with Crippen LogP contribution in [0.5, 0.6) is 5.75 Å². The molecule has 4 nitrogen and oxygen atoms in total. The quantitative estimate of drug-likeness (QED) is 0.369. The van der Waals surface area contributed by atoms with Gasteiger partial charge < -0.3 is 9.57 Å². The SMILES string of the molecule is CSC(C)=NOC(=O)COc1ccc(Cl)cc1Cl. The van der Waals surface area contributed by atoms with Gasteiger partial charge in [0.25, 0.3) is 0 Å². The average Bonchev–Trinajstić information content (AvgIpc) is 2.34. The summed E-state index contributed by atoms with van der Waals surface area (Å²) in [5.41, 5.74) is 0. The van der Waals surface area contributed by atoms with Crippen molar-refractivity contribution in [1.82, 2.24) is 0 Å². The van der Waals surface area contributed by atoms with E-state index in [4.69, 9.17) is 27.9 Å². The second-order valence-corrected chi connectivity index (χ2v) is 4.98. The molecular formula is C11H11Cl2NO3S. The van der Waals surface area contributed by atoms with E-state index in [1.165, 1.54) is 17.8 Å². The first kappa shape index (κ1) is 15.1. The molecule has 0 bridgehead atoms. The largest absolute Gasteiger partial charge is 0.480 e. The van der Waals surface area contributed by atoms with Gasteiger partial charge in [0, 0.05) is 5.02 Å². The van der Waals surface area contributed by atoms with Crippen LogP contribution in [0, 0.1) is 0 Å². The van der Waals surface area contributed by atoms with E-state index in [-0.39, 0.29) is 6.61 Å². The van der Waals surface area contributed by atoms with Crippen LogP contribution < -0.4 is 4.74 Å². The number of hydrogen-bond donors (Lipinski definition) is 0. The van der Waals surface area contributed by atoms with Crippen molar-refractivity contribution >= 4 is 46.0 Å². The van der Waals surface area contributed by atoms with Gasteiger partial charge in [-0.3, -0.25) is 0 Å². The summed E-state index contributed by atoms with van der Waals surface area (Å²) in [6, 6.07) is 4.72. The average molecular weight is 308 g/mol. The highest BCUT2D eigenvalue weighted by molar-refractivity contribution is 8.13. The molecule has 1 aromatic carbocycles. The summed E-state index contributed by atoms with van der Waals surface area (Å²) in [5.74, 6) is -0.238. The lowest BCUT2D eigenvalue weighted by Crippen LogP contribution is -2.13. The molecule has 0 aliphatic heterocycles. The van der Waals surface area contributed by atoms with Gasteiger partial charge in [0.1, 0.15) is 10.8 Å². The van der Waals surface area contributed by atoms with Crippen LogP contribution >= 0.6 is 35.0 Å². The summed E-state index contributed by atoms with van der Waals surface area (Å²) >= 11 is 13.0. The summed E-state index contributed by atoms with van der Waals surface area (Å²) in [4.78, 5) is 15.9. The molecule has 0 atom stereocenters. The molecule has 0 unspecified atom stereocenters. The molecule has 0 spiro atoms. The van der Waals surface area contributed by atoms with Crippen molar-refractivity contribution in [3.05, 3.63) is 28.2 Å². The third-order valence-corrected chi connectivity index (χ3v) is 3.01.